The lowest BCUT2D eigenvalue weighted by Crippen LogP contribution is -2.14. The molecule has 0 N–H and O–H groups in total. The molecule has 0 heterocycles. The van der Waals surface area contributed by atoms with E-state index in [4.69, 9.17) is 0 Å². The van der Waals surface area contributed by atoms with Gasteiger partial charge in [0.15, 0.2) is 0 Å². The normalized spacial score (nSPS) is 27.0. The molecule has 1 fully saturated rings. The maximum Gasteiger partial charge on any atom is -0.0273 e. The predicted octanol–water partition coefficient (Wildman–Crippen LogP) is 5.32. The molecule has 2 aliphatic rings. The molecule has 0 saturated heterocycles. The Morgan fingerprint density at radius 1 is 1.00 bits per heavy atom. The number of aryl methyl sites for hydroxylation is 2. The molecule has 3 rings (SSSR count). The van der Waals surface area contributed by atoms with Crippen molar-refractivity contribution in [2.75, 3.05) is 0 Å². The molecule has 1 saturated carbocycles. The minimum absolute atomic E-state index is 0.987. The number of benzene rings is 1. The first-order valence-electron chi connectivity index (χ1n) is 8.42. The fourth-order valence-electron chi connectivity index (χ4n) is 4.07. The van der Waals surface area contributed by atoms with E-state index in [1.54, 1.807) is 16.7 Å². The summed E-state index contributed by atoms with van der Waals surface area (Å²) in [5, 5.41) is 0. The van der Waals surface area contributed by atoms with E-state index in [0.717, 1.165) is 11.8 Å². The fraction of sp³-hybridized carbons (Fsp3) is 0.684. The molecule has 2 aliphatic carbocycles. The summed E-state index contributed by atoms with van der Waals surface area (Å²) in [5.41, 5.74) is 5.05. The topological polar surface area (TPSA) is 0 Å². The van der Waals surface area contributed by atoms with Gasteiger partial charge in [-0.2, -0.15) is 0 Å². The molecule has 0 aliphatic heterocycles. The Morgan fingerprint density at radius 3 is 2.63 bits per heavy atom. The Hall–Kier alpha value is -0.780. The molecule has 1 aromatic rings. The average Bonchev–Trinajstić information content (AvgIpc) is 2.47. The van der Waals surface area contributed by atoms with Crippen LogP contribution in [-0.4, -0.2) is 0 Å². The van der Waals surface area contributed by atoms with Crippen molar-refractivity contribution in [3.63, 3.8) is 0 Å². The van der Waals surface area contributed by atoms with Gasteiger partial charge in [0.25, 0.3) is 0 Å². The smallest absolute Gasteiger partial charge is 0.0273 e. The minimum atomic E-state index is 0.987. The van der Waals surface area contributed by atoms with Gasteiger partial charge in [-0.15, -0.1) is 0 Å². The lowest BCUT2D eigenvalue weighted by molar-refractivity contribution is 0.277. The molecule has 0 atom stereocenters. The van der Waals surface area contributed by atoms with Gasteiger partial charge in [0.2, 0.25) is 0 Å². The van der Waals surface area contributed by atoms with Crippen molar-refractivity contribution in [1.29, 1.82) is 0 Å². The van der Waals surface area contributed by atoms with E-state index in [1.165, 1.54) is 64.2 Å². The molecule has 0 bridgehead atoms. The van der Waals surface area contributed by atoms with Crippen LogP contribution in [-0.2, 0) is 19.3 Å². The third-order valence-electron chi connectivity index (χ3n) is 5.45. The number of hydrogen-bond donors (Lipinski definition) is 0. The van der Waals surface area contributed by atoms with E-state index in [9.17, 15) is 0 Å². The third-order valence-corrected chi connectivity index (χ3v) is 5.45. The minimum Gasteiger partial charge on any atom is -0.0625 e. The largest absolute Gasteiger partial charge is 0.0625 e. The molecule has 104 valence electrons. The Balaban J connectivity index is 1.61. The zero-order chi connectivity index (χ0) is 13.1. The first-order chi connectivity index (χ1) is 9.33. The highest BCUT2D eigenvalue weighted by molar-refractivity contribution is 5.37. The van der Waals surface area contributed by atoms with Crippen molar-refractivity contribution >= 4 is 0 Å². The van der Waals surface area contributed by atoms with Crippen molar-refractivity contribution in [2.24, 2.45) is 11.8 Å². The van der Waals surface area contributed by atoms with Crippen LogP contribution in [0.25, 0.3) is 0 Å². The molecule has 0 heteroatoms. The van der Waals surface area contributed by atoms with Crippen molar-refractivity contribution in [3.8, 4) is 0 Å². The van der Waals surface area contributed by atoms with Crippen molar-refractivity contribution in [2.45, 2.75) is 71.1 Å². The zero-order valence-electron chi connectivity index (χ0n) is 12.5. The van der Waals surface area contributed by atoms with Gasteiger partial charge in [-0.05, 0) is 67.1 Å². The van der Waals surface area contributed by atoms with E-state index < -0.39 is 0 Å². The Bertz CT molecular complexity index is 410. The third kappa shape index (κ3) is 3.22. The molecular weight excluding hydrogens is 228 g/mol. The van der Waals surface area contributed by atoms with Gasteiger partial charge < -0.3 is 0 Å². The Morgan fingerprint density at radius 2 is 1.79 bits per heavy atom. The molecule has 0 spiro atoms. The van der Waals surface area contributed by atoms with Crippen LogP contribution in [0.4, 0.5) is 0 Å². The summed E-state index contributed by atoms with van der Waals surface area (Å²) in [4.78, 5) is 0. The van der Waals surface area contributed by atoms with E-state index in [1.807, 2.05) is 0 Å². The summed E-state index contributed by atoms with van der Waals surface area (Å²) in [5.74, 6) is 2.00. The average molecular weight is 256 g/mol. The van der Waals surface area contributed by atoms with E-state index in [2.05, 4.69) is 25.1 Å². The summed E-state index contributed by atoms with van der Waals surface area (Å²) in [6.45, 7) is 2.42. The summed E-state index contributed by atoms with van der Waals surface area (Å²) < 4.78 is 0. The molecule has 0 aromatic heterocycles. The molecule has 1 aromatic carbocycles. The molecule has 0 unspecified atom stereocenters. The summed E-state index contributed by atoms with van der Waals surface area (Å²) in [6.07, 6.45) is 14.1. The molecule has 0 nitrogen and oxygen atoms in total. The van der Waals surface area contributed by atoms with E-state index >= 15 is 0 Å². The maximum atomic E-state index is 2.42. The van der Waals surface area contributed by atoms with Crippen LogP contribution in [0.2, 0.25) is 0 Å². The lowest BCUT2D eigenvalue weighted by Gasteiger charge is -2.27. The summed E-state index contributed by atoms with van der Waals surface area (Å²) in [7, 11) is 0. The lowest BCUT2D eigenvalue weighted by atomic mass is 9.79. The van der Waals surface area contributed by atoms with Crippen molar-refractivity contribution < 1.29 is 0 Å². The Kier molecular flexibility index (Phi) is 4.25. The molecule has 0 radical (unpaired) electrons. The molecule has 0 amide bonds. The molecule has 19 heavy (non-hydrogen) atoms. The van der Waals surface area contributed by atoms with Gasteiger partial charge in [0.1, 0.15) is 0 Å². The monoisotopic (exact) mass is 256 g/mol. The SMILES string of the molecule is CC1CCC(CCc2cccc3c2CCCC3)CC1. The van der Waals surface area contributed by atoms with Crippen LogP contribution in [0.5, 0.6) is 0 Å². The van der Waals surface area contributed by atoms with Gasteiger partial charge in [0, 0.05) is 0 Å². The van der Waals surface area contributed by atoms with Crippen LogP contribution in [0, 0.1) is 11.8 Å². The fourth-order valence-corrected chi connectivity index (χ4v) is 4.07. The van der Waals surface area contributed by atoms with Crippen LogP contribution < -0.4 is 0 Å². The highest BCUT2D eigenvalue weighted by Crippen LogP contribution is 2.32. The second-order valence-electron chi connectivity index (χ2n) is 6.93. The van der Waals surface area contributed by atoms with Crippen LogP contribution in [0.15, 0.2) is 18.2 Å². The first kappa shape index (κ1) is 13.2. The second kappa shape index (κ2) is 6.11. The van der Waals surface area contributed by atoms with Crippen LogP contribution in [0.3, 0.4) is 0 Å². The number of rotatable bonds is 3. The van der Waals surface area contributed by atoms with E-state index in [0.29, 0.717) is 0 Å². The van der Waals surface area contributed by atoms with Crippen molar-refractivity contribution in [3.05, 3.63) is 34.9 Å². The van der Waals surface area contributed by atoms with Gasteiger partial charge in [-0.3, -0.25) is 0 Å². The number of hydrogen-bond acceptors (Lipinski definition) is 0. The van der Waals surface area contributed by atoms with Gasteiger partial charge in [-0.25, -0.2) is 0 Å². The highest BCUT2D eigenvalue weighted by atomic mass is 14.2. The van der Waals surface area contributed by atoms with Crippen LogP contribution >= 0.6 is 0 Å². The first-order valence-corrected chi connectivity index (χ1v) is 8.42. The van der Waals surface area contributed by atoms with Crippen LogP contribution in [0.1, 0.15) is 68.6 Å². The van der Waals surface area contributed by atoms with Crippen molar-refractivity contribution in [1.82, 2.24) is 0 Å². The summed E-state index contributed by atoms with van der Waals surface area (Å²) in [6, 6.07) is 7.05. The number of fused-ring (bicyclic) bond motifs is 1. The van der Waals surface area contributed by atoms with Gasteiger partial charge >= 0.3 is 0 Å². The molecular formula is C19H28. The Labute approximate surface area is 118 Å². The maximum absolute atomic E-state index is 2.42. The quantitative estimate of drug-likeness (QED) is 0.686. The van der Waals surface area contributed by atoms with Gasteiger partial charge in [-0.1, -0.05) is 50.8 Å². The van der Waals surface area contributed by atoms with Gasteiger partial charge in [0.05, 0.1) is 0 Å². The summed E-state index contributed by atoms with van der Waals surface area (Å²) >= 11 is 0. The predicted molar refractivity (Wildman–Crippen MR) is 82.5 cm³/mol. The highest BCUT2D eigenvalue weighted by Gasteiger charge is 2.19. The standard InChI is InChI=1S/C19H28/c1-15-9-11-16(12-10-15)13-14-18-7-4-6-17-5-2-3-8-19(17)18/h4,6-7,15-16H,2-3,5,8-14H2,1H3. The zero-order valence-corrected chi connectivity index (χ0v) is 12.5. The van der Waals surface area contributed by atoms with E-state index in [-0.39, 0.29) is 0 Å². The second-order valence-corrected chi connectivity index (χ2v) is 6.93.